The summed E-state index contributed by atoms with van der Waals surface area (Å²) in [6, 6.07) is 3.20. The Kier molecular flexibility index (Phi) is 3.52. The monoisotopic (exact) mass is 212 g/mol. The number of rotatable bonds is 3. The third-order valence-corrected chi connectivity index (χ3v) is 1.94. The van der Waals surface area contributed by atoms with Crippen LogP contribution in [-0.4, -0.2) is 4.98 Å². The lowest BCUT2D eigenvalue weighted by Gasteiger charge is -2.09. The first-order valence-electron chi connectivity index (χ1n) is 4.23. The normalized spacial score (nSPS) is 10.3. The molecule has 0 aromatic carbocycles. The summed E-state index contributed by atoms with van der Waals surface area (Å²) in [6.45, 7) is 0.112. The Hall–Kier alpha value is -1.74. The number of nitriles is 1. The van der Waals surface area contributed by atoms with Gasteiger partial charge in [0.15, 0.2) is 0 Å². The number of nitrogens with zero attached hydrogens (tertiary/aromatic N) is 2. The van der Waals surface area contributed by atoms with Gasteiger partial charge in [0.2, 0.25) is 0 Å². The van der Waals surface area contributed by atoms with Gasteiger partial charge in [-0.25, -0.2) is 13.8 Å². The molecule has 0 aliphatic carbocycles. The van der Waals surface area contributed by atoms with Crippen molar-refractivity contribution in [2.24, 2.45) is 5.73 Å². The van der Waals surface area contributed by atoms with Crippen molar-refractivity contribution in [2.45, 2.75) is 19.4 Å². The number of hydrogen-bond acceptors (Lipinski definition) is 4. The zero-order chi connectivity index (χ0) is 11.4. The summed E-state index contributed by atoms with van der Waals surface area (Å²) >= 11 is 0. The van der Waals surface area contributed by atoms with E-state index in [1.165, 1.54) is 6.07 Å². The molecule has 0 fully saturated rings. The molecule has 1 aromatic rings. The Morgan fingerprint density at radius 2 is 2.13 bits per heavy atom. The van der Waals surface area contributed by atoms with E-state index in [0.29, 0.717) is 5.56 Å². The molecule has 0 bridgehead atoms. The molecule has 0 spiro atoms. The van der Waals surface area contributed by atoms with Gasteiger partial charge in [0.1, 0.15) is 11.5 Å². The van der Waals surface area contributed by atoms with Gasteiger partial charge in [-0.05, 0) is 11.6 Å². The molecule has 0 saturated heterocycles. The summed E-state index contributed by atoms with van der Waals surface area (Å²) in [4.78, 5) is 3.56. The summed E-state index contributed by atoms with van der Waals surface area (Å²) in [5.74, 6) is -0.00510. The summed E-state index contributed by atoms with van der Waals surface area (Å²) in [5.41, 5.74) is 11.0. The maximum atomic E-state index is 12.5. The molecule has 1 aromatic heterocycles. The van der Waals surface area contributed by atoms with Crippen molar-refractivity contribution in [3.05, 3.63) is 22.9 Å². The van der Waals surface area contributed by atoms with Crippen molar-refractivity contribution in [1.82, 2.24) is 4.98 Å². The molecule has 0 atom stereocenters. The van der Waals surface area contributed by atoms with Crippen molar-refractivity contribution in [3.8, 4) is 6.07 Å². The third-order valence-electron chi connectivity index (χ3n) is 1.94. The molecule has 80 valence electrons. The standard InChI is InChI=1S/C9H10F2N4/c10-8(11)7-5(1-2-12)3-6(4-13)9(14)15-7/h3,8H,1,4,13H2,(H2,14,15). The predicted molar refractivity (Wildman–Crippen MR) is 50.8 cm³/mol. The van der Waals surface area contributed by atoms with Crippen LogP contribution in [0.3, 0.4) is 0 Å². The molecule has 4 nitrogen and oxygen atoms in total. The zero-order valence-electron chi connectivity index (χ0n) is 7.87. The van der Waals surface area contributed by atoms with E-state index in [2.05, 4.69) is 4.98 Å². The number of nitrogen functional groups attached to an aromatic ring is 1. The largest absolute Gasteiger partial charge is 0.383 e. The van der Waals surface area contributed by atoms with E-state index in [1.807, 2.05) is 0 Å². The molecule has 1 rings (SSSR count). The third kappa shape index (κ3) is 2.39. The van der Waals surface area contributed by atoms with Crippen LogP contribution < -0.4 is 11.5 Å². The highest BCUT2D eigenvalue weighted by Gasteiger charge is 2.17. The Morgan fingerprint density at radius 1 is 1.47 bits per heavy atom. The van der Waals surface area contributed by atoms with Crippen LogP contribution in [0.1, 0.15) is 23.2 Å². The number of hydrogen-bond donors (Lipinski definition) is 2. The molecule has 0 saturated carbocycles. The highest BCUT2D eigenvalue weighted by molar-refractivity contribution is 5.44. The fraction of sp³-hybridized carbons (Fsp3) is 0.333. The maximum absolute atomic E-state index is 12.5. The number of anilines is 1. The molecule has 4 N–H and O–H groups in total. The van der Waals surface area contributed by atoms with E-state index in [4.69, 9.17) is 16.7 Å². The Bertz CT molecular complexity index is 398. The second-order valence-electron chi connectivity index (χ2n) is 2.92. The summed E-state index contributed by atoms with van der Waals surface area (Å²) in [6.07, 6.45) is -2.86. The Labute approximate surface area is 85.5 Å². The van der Waals surface area contributed by atoms with E-state index in [9.17, 15) is 8.78 Å². The van der Waals surface area contributed by atoms with Crippen molar-refractivity contribution >= 4 is 5.82 Å². The Morgan fingerprint density at radius 3 is 2.60 bits per heavy atom. The lowest BCUT2D eigenvalue weighted by atomic mass is 10.1. The van der Waals surface area contributed by atoms with E-state index in [1.54, 1.807) is 6.07 Å². The van der Waals surface area contributed by atoms with E-state index < -0.39 is 12.1 Å². The minimum Gasteiger partial charge on any atom is -0.383 e. The summed E-state index contributed by atoms with van der Waals surface area (Å²) in [7, 11) is 0. The number of aromatic nitrogens is 1. The first kappa shape index (κ1) is 11.3. The maximum Gasteiger partial charge on any atom is 0.280 e. The van der Waals surface area contributed by atoms with Gasteiger partial charge in [-0.1, -0.05) is 0 Å². The summed E-state index contributed by atoms with van der Waals surface area (Å²) in [5, 5.41) is 8.47. The van der Waals surface area contributed by atoms with Gasteiger partial charge in [-0.2, -0.15) is 5.26 Å². The van der Waals surface area contributed by atoms with Crippen LogP contribution in [0, 0.1) is 11.3 Å². The topological polar surface area (TPSA) is 88.7 Å². The molecule has 0 aliphatic rings. The highest BCUT2D eigenvalue weighted by atomic mass is 19.3. The second kappa shape index (κ2) is 4.66. The number of halogens is 2. The lowest BCUT2D eigenvalue weighted by molar-refractivity contribution is 0.145. The Balaban J connectivity index is 3.26. The van der Waals surface area contributed by atoms with Crippen molar-refractivity contribution in [3.63, 3.8) is 0 Å². The van der Waals surface area contributed by atoms with Crippen molar-refractivity contribution < 1.29 is 8.78 Å². The minimum absolute atomic E-state index is 0.00510. The average Bonchev–Trinajstić information content (AvgIpc) is 2.20. The van der Waals surface area contributed by atoms with Crippen LogP contribution in [0.25, 0.3) is 0 Å². The second-order valence-corrected chi connectivity index (χ2v) is 2.92. The van der Waals surface area contributed by atoms with Crippen molar-refractivity contribution in [1.29, 1.82) is 5.26 Å². The van der Waals surface area contributed by atoms with Gasteiger partial charge in [-0.15, -0.1) is 0 Å². The molecular formula is C9H10F2N4. The van der Waals surface area contributed by atoms with Crippen LogP contribution >= 0.6 is 0 Å². The molecule has 0 amide bonds. The first-order valence-corrected chi connectivity index (χ1v) is 4.23. The van der Waals surface area contributed by atoms with Crippen LogP contribution in [0.5, 0.6) is 0 Å². The van der Waals surface area contributed by atoms with Crippen LogP contribution in [0.2, 0.25) is 0 Å². The van der Waals surface area contributed by atoms with Crippen molar-refractivity contribution in [2.75, 3.05) is 5.73 Å². The lowest BCUT2D eigenvalue weighted by Crippen LogP contribution is -2.09. The fourth-order valence-corrected chi connectivity index (χ4v) is 1.21. The molecule has 6 heteroatoms. The molecule has 1 heterocycles. The van der Waals surface area contributed by atoms with E-state index >= 15 is 0 Å². The van der Waals surface area contributed by atoms with Crippen LogP contribution in [-0.2, 0) is 13.0 Å². The van der Waals surface area contributed by atoms with E-state index in [0.717, 1.165) is 0 Å². The SMILES string of the molecule is N#CCc1cc(CN)c(N)nc1C(F)F. The minimum atomic E-state index is -2.73. The van der Waals surface area contributed by atoms with Crippen LogP contribution in [0.4, 0.5) is 14.6 Å². The van der Waals surface area contributed by atoms with Gasteiger partial charge >= 0.3 is 0 Å². The zero-order valence-corrected chi connectivity index (χ0v) is 7.87. The molecule has 0 radical (unpaired) electrons. The number of pyridine rings is 1. The number of nitrogens with two attached hydrogens (primary N) is 2. The average molecular weight is 212 g/mol. The first-order chi connectivity index (χ1) is 7.10. The predicted octanol–water partition coefficient (Wildman–Crippen LogP) is 1.13. The van der Waals surface area contributed by atoms with Gasteiger partial charge in [0.05, 0.1) is 12.5 Å². The number of alkyl halides is 2. The van der Waals surface area contributed by atoms with Gasteiger partial charge in [-0.3, -0.25) is 0 Å². The van der Waals surface area contributed by atoms with E-state index in [-0.39, 0.29) is 24.3 Å². The van der Waals surface area contributed by atoms with Crippen LogP contribution in [0.15, 0.2) is 6.07 Å². The molecular weight excluding hydrogens is 202 g/mol. The molecule has 0 unspecified atom stereocenters. The molecule has 15 heavy (non-hydrogen) atoms. The van der Waals surface area contributed by atoms with Gasteiger partial charge in [0.25, 0.3) is 6.43 Å². The van der Waals surface area contributed by atoms with Gasteiger partial charge in [0, 0.05) is 12.1 Å². The fourth-order valence-electron chi connectivity index (χ4n) is 1.21. The van der Waals surface area contributed by atoms with Gasteiger partial charge < -0.3 is 11.5 Å². The highest BCUT2D eigenvalue weighted by Crippen LogP contribution is 2.24. The smallest absolute Gasteiger partial charge is 0.280 e. The summed E-state index contributed by atoms with van der Waals surface area (Å²) < 4.78 is 25.0. The quantitative estimate of drug-likeness (QED) is 0.785. The molecule has 0 aliphatic heterocycles.